The quantitative estimate of drug-likeness (QED) is 0.876. The van der Waals surface area contributed by atoms with Crippen LogP contribution in [-0.4, -0.2) is 23.5 Å². The summed E-state index contributed by atoms with van der Waals surface area (Å²) >= 11 is 6.21. The van der Waals surface area contributed by atoms with Gasteiger partial charge in [-0.25, -0.2) is 0 Å². The van der Waals surface area contributed by atoms with Crippen molar-refractivity contribution in [2.24, 2.45) is 5.73 Å². The molecule has 0 spiro atoms. The van der Waals surface area contributed by atoms with Crippen LogP contribution in [0.4, 0.5) is 0 Å². The van der Waals surface area contributed by atoms with Gasteiger partial charge < -0.3 is 5.73 Å². The summed E-state index contributed by atoms with van der Waals surface area (Å²) in [6, 6.07) is 7.37. The van der Waals surface area contributed by atoms with Crippen molar-refractivity contribution in [3.63, 3.8) is 0 Å². The van der Waals surface area contributed by atoms with Gasteiger partial charge in [-0.05, 0) is 44.4 Å². The van der Waals surface area contributed by atoms with Crippen molar-refractivity contribution in [3.8, 4) is 0 Å². The molecule has 0 amide bonds. The van der Waals surface area contributed by atoms with E-state index in [0.717, 1.165) is 23.6 Å². The van der Waals surface area contributed by atoms with E-state index in [1.54, 1.807) is 0 Å². The second-order valence-corrected chi connectivity index (χ2v) is 5.64. The van der Waals surface area contributed by atoms with Crippen LogP contribution in [0.2, 0.25) is 5.02 Å². The fourth-order valence-electron chi connectivity index (χ4n) is 2.65. The number of likely N-dealkylation sites (tertiary alicyclic amines) is 1. The molecule has 2 N–H and O–H groups in total. The Labute approximate surface area is 109 Å². The summed E-state index contributed by atoms with van der Waals surface area (Å²) in [4.78, 5) is 2.46. The fourth-order valence-corrected chi connectivity index (χ4v) is 2.84. The zero-order valence-corrected chi connectivity index (χ0v) is 11.5. The standard InChI is InChI=1S/C14H21ClN2/c1-9(2)17-7-6-13(16)14(17)11-5-4-10(3)12(15)8-11/h4-5,8-9,13-14H,6-7,16H2,1-3H3. The van der Waals surface area contributed by atoms with Gasteiger partial charge in [0, 0.05) is 23.7 Å². The fraction of sp³-hybridized carbons (Fsp3) is 0.571. The summed E-state index contributed by atoms with van der Waals surface area (Å²) in [5.74, 6) is 0. The molecular formula is C14H21ClN2. The molecule has 1 aliphatic heterocycles. The first-order valence-corrected chi connectivity index (χ1v) is 6.66. The Balaban J connectivity index is 2.33. The highest BCUT2D eigenvalue weighted by Gasteiger charge is 2.34. The number of nitrogens with two attached hydrogens (primary N) is 1. The molecule has 0 aliphatic carbocycles. The van der Waals surface area contributed by atoms with Gasteiger partial charge in [-0.2, -0.15) is 0 Å². The molecule has 17 heavy (non-hydrogen) atoms. The van der Waals surface area contributed by atoms with Gasteiger partial charge in [0.15, 0.2) is 0 Å². The molecule has 2 rings (SSSR count). The van der Waals surface area contributed by atoms with Crippen LogP contribution in [0.5, 0.6) is 0 Å². The predicted molar refractivity (Wildman–Crippen MR) is 73.4 cm³/mol. The highest BCUT2D eigenvalue weighted by atomic mass is 35.5. The maximum absolute atomic E-state index is 6.24. The molecule has 1 heterocycles. The molecule has 1 saturated heterocycles. The lowest BCUT2D eigenvalue weighted by molar-refractivity contribution is 0.198. The Morgan fingerprint density at radius 1 is 1.41 bits per heavy atom. The molecule has 0 radical (unpaired) electrons. The number of hydrogen-bond acceptors (Lipinski definition) is 2. The number of hydrogen-bond donors (Lipinski definition) is 1. The molecule has 1 aromatic rings. The third-order valence-electron chi connectivity index (χ3n) is 3.68. The Kier molecular flexibility index (Phi) is 3.76. The van der Waals surface area contributed by atoms with Crippen molar-refractivity contribution in [2.75, 3.05) is 6.54 Å². The SMILES string of the molecule is Cc1ccc(C2C(N)CCN2C(C)C)cc1Cl. The lowest BCUT2D eigenvalue weighted by Crippen LogP contribution is -2.35. The Morgan fingerprint density at radius 3 is 2.71 bits per heavy atom. The smallest absolute Gasteiger partial charge is 0.0502 e. The third kappa shape index (κ3) is 2.49. The zero-order valence-electron chi connectivity index (χ0n) is 10.8. The first kappa shape index (κ1) is 12.9. The minimum atomic E-state index is 0.219. The molecule has 0 bridgehead atoms. The van der Waals surface area contributed by atoms with E-state index in [9.17, 15) is 0 Å². The molecule has 1 fully saturated rings. The van der Waals surface area contributed by atoms with Crippen molar-refractivity contribution in [2.45, 2.75) is 45.3 Å². The van der Waals surface area contributed by atoms with Gasteiger partial charge >= 0.3 is 0 Å². The van der Waals surface area contributed by atoms with Crippen molar-refractivity contribution in [3.05, 3.63) is 34.3 Å². The van der Waals surface area contributed by atoms with Crippen LogP contribution in [0.15, 0.2) is 18.2 Å². The van der Waals surface area contributed by atoms with E-state index in [4.69, 9.17) is 17.3 Å². The second kappa shape index (κ2) is 4.97. The maximum Gasteiger partial charge on any atom is 0.0502 e. The summed E-state index contributed by atoms with van der Waals surface area (Å²) < 4.78 is 0. The van der Waals surface area contributed by atoms with E-state index in [2.05, 4.69) is 36.9 Å². The van der Waals surface area contributed by atoms with E-state index in [0.29, 0.717) is 12.1 Å². The summed E-state index contributed by atoms with van der Waals surface area (Å²) in [6.45, 7) is 7.55. The maximum atomic E-state index is 6.24. The first-order chi connectivity index (χ1) is 8.00. The molecule has 3 heteroatoms. The Morgan fingerprint density at radius 2 is 2.12 bits per heavy atom. The highest BCUT2D eigenvalue weighted by molar-refractivity contribution is 6.31. The molecular weight excluding hydrogens is 232 g/mol. The van der Waals surface area contributed by atoms with Crippen LogP contribution < -0.4 is 5.73 Å². The minimum Gasteiger partial charge on any atom is -0.326 e. The average molecular weight is 253 g/mol. The largest absolute Gasteiger partial charge is 0.326 e. The van der Waals surface area contributed by atoms with Crippen molar-refractivity contribution in [1.29, 1.82) is 0 Å². The van der Waals surface area contributed by atoms with Gasteiger partial charge in [0.05, 0.1) is 6.04 Å². The van der Waals surface area contributed by atoms with Crippen molar-refractivity contribution >= 4 is 11.6 Å². The van der Waals surface area contributed by atoms with Crippen LogP contribution in [0.1, 0.15) is 37.4 Å². The topological polar surface area (TPSA) is 29.3 Å². The lowest BCUT2D eigenvalue weighted by atomic mass is 9.99. The normalized spacial score (nSPS) is 25.8. The van der Waals surface area contributed by atoms with E-state index in [1.165, 1.54) is 5.56 Å². The first-order valence-electron chi connectivity index (χ1n) is 6.28. The molecule has 1 aliphatic rings. The molecule has 1 aromatic carbocycles. The number of halogens is 1. The number of nitrogens with zero attached hydrogens (tertiary/aromatic N) is 1. The number of rotatable bonds is 2. The highest BCUT2D eigenvalue weighted by Crippen LogP contribution is 2.34. The Hall–Kier alpha value is -0.570. The molecule has 2 nitrogen and oxygen atoms in total. The molecule has 2 unspecified atom stereocenters. The van der Waals surface area contributed by atoms with Gasteiger partial charge in [-0.15, -0.1) is 0 Å². The van der Waals surface area contributed by atoms with E-state index in [1.807, 2.05) is 6.92 Å². The van der Waals surface area contributed by atoms with Crippen LogP contribution in [0.3, 0.4) is 0 Å². The Bertz CT molecular complexity index is 403. The third-order valence-corrected chi connectivity index (χ3v) is 4.09. The predicted octanol–water partition coefficient (Wildman–Crippen LogP) is 3.13. The number of aryl methyl sites for hydroxylation is 1. The summed E-state index contributed by atoms with van der Waals surface area (Å²) in [5.41, 5.74) is 8.62. The zero-order chi connectivity index (χ0) is 12.6. The summed E-state index contributed by atoms with van der Waals surface area (Å²) in [5, 5.41) is 0.838. The van der Waals surface area contributed by atoms with E-state index in [-0.39, 0.29) is 6.04 Å². The van der Waals surface area contributed by atoms with Crippen LogP contribution in [0.25, 0.3) is 0 Å². The van der Waals surface area contributed by atoms with Crippen LogP contribution in [0, 0.1) is 6.92 Å². The molecule has 94 valence electrons. The van der Waals surface area contributed by atoms with Gasteiger partial charge in [0.25, 0.3) is 0 Å². The van der Waals surface area contributed by atoms with Gasteiger partial charge in [-0.3, -0.25) is 4.90 Å². The van der Waals surface area contributed by atoms with Gasteiger partial charge in [0.2, 0.25) is 0 Å². The average Bonchev–Trinajstić information content (AvgIpc) is 2.64. The van der Waals surface area contributed by atoms with Crippen molar-refractivity contribution < 1.29 is 0 Å². The summed E-state index contributed by atoms with van der Waals surface area (Å²) in [6.07, 6.45) is 1.06. The van der Waals surface area contributed by atoms with Crippen LogP contribution >= 0.6 is 11.6 Å². The monoisotopic (exact) mass is 252 g/mol. The van der Waals surface area contributed by atoms with Crippen LogP contribution in [-0.2, 0) is 0 Å². The summed E-state index contributed by atoms with van der Waals surface area (Å²) in [7, 11) is 0. The minimum absolute atomic E-state index is 0.219. The lowest BCUT2D eigenvalue weighted by Gasteiger charge is -2.30. The molecule has 0 saturated carbocycles. The molecule has 0 aromatic heterocycles. The molecule has 2 atom stereocenters. The van der Waals surface area contributed by atoms with Gasteiger partial charge in [-0.1, -0.05) is 23.7 Å². The number of benzene rings is 1. The van der Waals surface area contributed by atoms with Gasteiger partial charge in [0.1, 0.15) is 0 Å². The second-order valence-electron chi connectivity index (χ2n) is 5.24. The van der Waals surface area contributed by atoms with E-state index >= 15 is 0 Å². The van der Waals surface area contributed by atoms with Crippen molar-refractivity contribution in [1.82, 2.24) is 4.90 Å². The van der Waals surface area contributed by atoms with E-state index < -0.39 is 0 Å².